The molecule has 1 rings (SSSR count). The maximum atomic E-state index is 10.9. The Morgan fingerprint density at radius 2 is 2.06 bits per heavy atom. The first kappa shape index (κ1) is 12.9. The summed E-state index contributed by atoms with van der Waals surface area (Å²) in [6.07, 6.45) is 1.03. The molecule has 0 saturated heterocycles. The number of aromatic nitrogens is 2. The van der Waals surface area contributed by atoms with Gasteiger partial charge in [0.05, 0.1) is 17.8 Å². The van der Waals surface area contributed by atoms with E-state index in [1.807, 2.05) is 0 Å². The minimum absolute atomic E-state index is 0.290. The first-order valence-electron chi connectivity index (χ1n) is 4.91. The molecule has 1 atom stereocenters. The zero-order chi connectivity index (χ0) is 13.0. The molecule has 1 unspecified atom stereocenters. The van der Waals surface area contributed by atoms with Crippen LogP contribution in [-0.2, 0) is 9.59 Å². The monoisotopic (exact) mass is 239 g/mol. The molecule has 92 valence electrons. The average molecular weight is 239 g/mol. The van der Waals surface area contributed by atoms with Crippen molar-refractivity contribution in [3.05, 3.63) is 17.6 Å². The van der Waals surface area contributed by atoms with Gasteiger partial charge in [0.2, 0.25) is 0 Å². The fourth-order valence-corrected chi connectivity index (χ4v) is 1.21. The van der Waals surface area contributed by atoms with Crippen LogP contribution >= 0.6 is 0 Å². The van der Waals surface area contributed by atoms with Crippen molar-refractivity contribution in [2.24, 2.45) is 0 Å². The van der Waals surface area contributed by atoms with Gasteiger partial charge in [0.1, 0.15) is 11.9 Å². The fraction of sp³-hybridized carbons (Fsp3) is 0.400. The molecule has 0 saturated carbocycles. The Kier molecular flexibility index (Phi) is 3.97. The number of carbonyl (C=O) groups is 2. The third-order valence-corrected chi connectivity index (χ3v) is 2.06. The van der Waals surface area contributed by atoms with Crippen molar-refractivity contribution in [1.29, 1.82) is 0 Å². The summed E-state index contributed by atoms with van der Waals surface area (Å²) in [6.45, 7) is 3.37. The van der Waals surface area contributed by atoms with Crippen molar-refractivity contribution in [2.75, 3.05) is 5.32 Å². The number of hydrogen-bond acceptors (Lipinski definition) is 5. The first-order chi connectivity index (χ1) is 7.90. The van der Waals surface area contributed by atoms with E-state index in [0.717, 1.165) is 0 Å². The lowest BCUT2D eigenvalue weighted by Crippen LogP contribution is -2.32. The SMILES string of the molecule is Cc1cnc(C)c(NC(CC(=O)O)C(=O)O)n1. The number of anilines is 1. The molecule has 3 N–H and O–H groups in total. The van der Waals surface area contributed by atoms with Gasteiger partial charge in [-0.05, 0) is 13.8 Å². The lowest BCUT2D eigenvalue weighted by Gasteiger charge is -2.14. The fourth-order valence-electron chi connectivity index (χ4n) is 1.21. The third-order valence-electron chi connectivity index (χ3n) is 2.06. The van der Waals surface area contributed by atoms with Gasteiger partial charge in [-0.15, -0.1) is 0 Å². The number of carboxylic acids is 2. The van der Waals surface area contributed by atoms with Gasteiger partial charge in [0.25, 0.3) is 0 Å². The predicted molar refractivity (Wildman–Crippen MR) is 58.8 cm³/mol. The molecule has 1 heterocycles. The number of rotatable bonds is 5. The zero-order valence-electron chi connectivity index (χ0n) is 9.47. The van der Waals surface area contributed by atoms with Crippen LogP contribution in [0, 0.1) is 13.8 Å². The highest BCUT2D eigenvalue weighted by molar-refractivity contribution is 5.83. The molecule has 0 aliphatic heterocycles. The maximum Gasteiger partial charge on any atom is 0.326 e. The molecule has 17 heavy (non-hydrogen) atoms. The highest BCUT2D eigenvalue weighted by Gasteiger charge is 2.22. The van der Waals surface area contributed by atoms with Crippen LogP contribution in [0.5, 0.6) is 0 Å². The quantitative estimate of drug-likeness (QED) is 0.683. The molecule has 0 amide bonds. The van der Waals surface area contributed by atoms with E-state index >= 15 is 0 Å². The standard InChI is InChI=1S/C10H13N3O4/c1-5-4-11-6(2)9(12-5)13-7(10(16)17)3-8(14)15/h4,7H,3H2,1-2H3,(H,12,13)(H,14,15)(H,16,17). The molecule has 0 bridgehead atoms. The molecule has 1 aromatic heterocycles. The largest absolute Gasteiger partial charge is 0.481 e. The molecule has 0 aromatic carbocycles. The van der Waals surface area contributed by atoms with Crippen molar-refractivity contribution in [1.82, 2.24) is 9.97 Å². The van der Waals surface area contributed by atoms with Gasteiger partial charge in [-0.3, -0.25) is 9.78 Å². The average Bonchev–Trinajstić information content (AvgIpc) is 2.21. The molecule has 0 fully saturated rings. The molecule has 0 spiro atoms. The van der Waals surface area contributed by atoms with Crippen molar-refractivity contribution in [3.8, 4) is 0 Å². The summed E-state index contributed by atoms with van der Waals surface area (Å²) < 4.78 is 0. The molecular weight excluding hydrogens is 226 g/mol. The Labute approximate surface area is 97.5 Å². The van der Waals surface area contributed by atoms with E-state index in [2.05, 4.69) is 15.3 Å². The second kappa shape index (κ2) is 5.24. The Morgan fingerprint density at radius 3 is 2.59 bits per heavy atom. The molecule has 0 aliphatic carbocycles. The number of nitrogens with zero attached hydrogens (tertiary/aromatic N) is 2. The van der Waals surface area contributed by atoms with Crippen LogP contribution in [0.2, 0.25) is 0 Å². The van der Waals surface area contributed by atoms with Gasteiger partial charge in [-0.1, -0.05) is 0 Å². The summed E-state index contributed by atoms with van der Waals surface area (Å²) in [5.74, 6) is -2.14. The zero-order valence-corrected chi connectivity index (χ0v) is 9.47. The molecule has 7 heteroatoms. The lowest BCUT2D eigenvalue weighted by atomic mass is 10.2. The van der Waals surface area contributed by atoms with Gasteiger partial charge in [0.15, 0.2) is 0 Å². The Balaban J connectivity index is 2.89. The normalized spacial score (nSPS) is 11.9. The summed E-state index contributed by atoms with van der Waals surface area (Å²) in [5, 5.41) is 20.0. The maximum absolute atomic E-state index is 10.9. The number of aliphatic carboxylic acids is 2. The Hall–Kier alpha value is -2.18. The lowest BCUT2D eigenvalue weighted by molar-refractivity contribution is -0.144. The first-order valence-corrected chi connectivity index (χ1v) is 4.91. The van der Waals surface area contributed by atoms with E-state index in [1.165, 1.54) is 0 Å². The van der Waals surface area contributed by atoms with E-state index in [4.69, 9.17) is 10.2 Å². The number of nitrogens with one attached hydrogen (secondary N) is 1. The van der Waals surface area contributed by atoms with E-state index in [0.29, 0.717) is 17.2 Å². The second-order valence-electron chi connectivity index (χ2n) is 3.58. The van der Waals surface area contributed by atoms with Crippen LogP contribution in [0.25, 0.3) is 0 Å². The number of hydrogen-bond donors (Lipinski definition) is 3. The van der Waals surface area contributed by atoms with Crippen LogP contribution in [0.3, 0.4) is 0 Å². The predicted octanol–water partition coefficient (Wildman–Crippen LogP) is 0.433. The van der Waals surface area contributed by atoms with Gasteiger partial charge >= 0.3 is 11.9 Å². The summed E-state index contributed by atoms with van der Waals surface area (Å²) >= 11 is 0. The van der Waals surface area contributed by atoms with E-state index in [-0.39, 0.29) is 0 Å². The van der Waals surface area contributed by atoms with Crippen LogP contribution in [0.4, 0.5) is 5.82 Å². The van der Waals surface area contributed by atoms with E-state index in [1.54, 1.807) is 20.0 Å². The molecule has 1 aromatic rings. The second-order valence-corrected chi connectivity index (χ2v) is 3.58. The van der Waals surface area contributed by atoms with Gasteiger partial charge in [-0.25, -0.2) is 9.78 Å². The molecular formula is C10H13N3O4. The van der Waals surface area contributed by atoms with Crippen molar-refractivity contribution in [3.63, 3.8) is 0 Å². The minimum atomic E-state index is -1.24. The molecule has 7 nitrogen and oxygen atoms in total. The summed E-state index contributed by atoms with van der Waals surface area (Å²) in [6, 6.07) is -1.22. The van der Waals surface area contributed by atoms with E-state index < -0.39 is 24.4 Å². The van der Waals surface area contributed by atoms with Crippen LogP contribution in [0.15, 0.2) is 6.20 Å². The van der Waals surface area contributed by atoms with Gasteiger partial charge in [0, 0.05) is 6.20 Å². The minimum Gasteiger partial charge on any atom is -0.481 e. The molecule has 0 aliphatic rings. The van der Waals surface area contributed by atoms with Crippen molar-refractivity contribution in [2.45, 2.75) is 26.3 Å². The van der Waals surface area contributed by atoms with E-state index in [9.17, 15) is 9.59 Å². The molecule has 0 radical (unpaired) electrons. The Bertz CT molecular complexity index is 447. The highest BCUT2D eigenvalue weighted by atomic mass is 16.4. The van der Waals surface area contributed by atoms with Gasteiger partial charge in [-0.2, -0.15) is 0 Å². The van der Waals surface area contributed by atoms with Gasteiger partial charge < -0.3 is 15.5 Å². The van der Waals surface area contributed by atoms with Crippen molar-refractivity contribution >= 4 is 17.8 Å². The smallest absolute Gasteiger partial charge is 0.326 e. The van der Waals surface area contributed by atoms with Crippen molar-refractivity contribution < 1.29 is 19.8 Å². The van der Waals surface area contributed by atoms with Crippen LogP contribution in [0.1, 0.15) is 17.8 Å². The Morgan fingerprint density at radius 1 is 1.41 bits per heavy atom. The summed E-state index contributed by atoms with van der Waals surface area (Å²) in [7, 11) is 0. The highest BCUT2D eigenvalue weighted by Crippen LogP contribution is 2.11. The summed E-state index contributed by atoms with van der Waals surface area (Å²) in [4.78, 5) is 29.5. The summed E-state index contributed by atoms with van der Waals surface area (Å²) in [5.41, 5.74) is 1.14. The number of aryl methyl sites for hydroxylation is 2. The third kappa shape index (κ3) is 3.71. The van der Waals surface area contributed by atoms with Crippen LogP contribution in [-0.4, -0.2) is 38.2 Å². The topological polar surface area (TPSA) is 112 Å². The van der Waals surface area contributed by atoms with Crippen LogP contribution < -0.4 is 5.32 Å². The number of carboxylic acid groups (broad SMARTS) is 2.